The number of halogens is 1. The van der Waals surface area contributed by atoms with E-state index in [1.165, 1.54) is 16.2 Å². The van der Waals surface area contributed by atoms with Crippen LogP contribution in [0.1, 0.15) is 10.4 Å². The number of H-pyrrole nitrogens is 1. The number of nitrogens with zero attached hydrogens (tertiary/aromatic N) is 2. The molecule has 0 radical (unpaired) electrons. The average molecular weight is 431 g/mol. The molecular formula is C20H19ClN4O3S. The zero-order chi connectivity index (χ0) is 20.5. The second-order valence-electron chi connectivity index (χ2n) is 6.95. The van der Waals surface area contributed by atoms with Crippen LogP contribution in [0.15, 0.2) is 42.6 Å². The van der Waals surface area contributed by atoms with Crippen molar-refractivity contribution >= 4 is 51.7 Å². The molecule has 3 heterocycles. The monoisotopic (exact) mass is 430 g/mol. The smallest absolute Gasteiger partial charge is 0.325 e. The third kappa shape index (κ3) is 3.99. The number of fused-ring (bicyclic) bond motifs is 1. The minimum atomic E-state index is -0.684. The van der Waals surface area contributed by atoms with Crippen LogP contribution in [-0.2, 0) is 22.6 Å². The topological polar surface area (TPSA) is 85.5 Å². The molecule has 2 aromatic heterocycles. The van der Waals surface area contributed by atoms with E-state index in [1.807, 2.05) is 36.5 Å². The highest BCUT2D eigenvalue weighted by molar-refractivity contribution is 7.16. The first-order valence-corrected chi connectivity index (χ1v) is 10.3. The summed E-state index contributed by atoms with van der Waals surface area (Å²) in [6.07, 6.45) is 2.21. The van der Waals surface area contributed by atoms with Gasteiger partial charge < -0.3 is 15.2 Å². The Morgan fingerprint density at radius 3 is 2.79 bits per heavy atom. The van der Waals surface area contributed by atoms with Crippen molar-refractivity contribution in [2.24, 2.45) is 0 Å². The molecule has 3 aromatic rings. The molecule has 2 N–H and O–H groups in total. The Morgan fingerprint density at radius 1 is 1.24 bits per heavy atom. The summed E-state index contributed by atoms with van der Waals surface area (Å²) in [4.78, 5) is 44.1. The number of aromatic nitrogens is 1. The van der Waals surface area contributed by atoms with Crippen LogP contribution in [0.2, 0.25) is 4.34 Å². The molecule has 0 unspecified atom stereocenters. The molecule has 150 valence electrons. The van der Waals surface area contributed by atoms with Crippen LogP contribution < -0.4 is 5.32 Å². The number of rotatable bonds is 6. The van der Waals surface area contributed by atoms with Crippen LogP contribution in [0, 0.1) is 0 Å². The highest BCUT2D eigenvalue weighted by Crippen LogP contribution is 2.23. The Hall–Kier alpha value is -2.84. The molecule has 0 bridgehead atoms. The molecule has 1 aliphatic heterocycles. The number of hydrogen-bond donors (Lipinski definition) is 2. The summed E-state index contributed by atoms with van der Waals surface area (Å²) < 4.78 is 0.648. The Morgan fingerprint density at radius 2 is 2.03 bits per heavy atom. The number of amides is 4. The van der Waals surface area contributed by atoms with Crippen molar-refractivity contribution in [3.8, 4) is 0 Å². The summed E-state index contributed by atoms with van der Waals surface area (Å²) >= 11 is 7.31. The van der Waals surface area contributed by atoms with Crippen LogP contribution in [-0.4, -0.2) is 52.3 Å². The molecule has 1 fully saturated rings. The molecule has 0 spiro atoms. The number of nitrogens with one attached hydrogen (secondary N) is 2. The van der Waals surface area contributed by atoms with E-state index < -0.39 is 12.1 Å². The molecule has 29 heavy (non-hydrogen) atoms. The molecule has 4 amide bonds. The first kappa shape index (κ1) is 19.5. The molecule has 0 saturated carbocycles. The SMILES string of the molecule is CN(Cc1ccc(Cl)s1)C(=O)CN1C(=O)N[C@@H](Cc2c[nH]c3ccccc23)C1=O. The van der Waals surface area contributed by atoms with Crippen molar-refractivity contribution in [1.82, 2.24) is 20.1 Å². The van der Waals surface area contributed by atoms with Gasteiger partial charge in [-0.05, 0) is 23.8 Å². The van der Waals surface area contributed by atoms with E-state index in [2.05, 4.69) is 10.3 Å². The van der Waals surface area contributed by atoms with Gasteiger partial charge in [0.15, 0.2) is 0 Å². The zero-order valence-corrected chi connectivity index (χ0v) is 17.2. The van der Waals surface area contributed by atoms with Crippen LogP contribution >= 0.6 is 22.9 Å². The molecule has 7 nitrogen and oxygen atoms in total. The Labute approximate surface area is 176 Å². The van der Waals surface area contributed by atoms with Gasteiger partial charge in [0.2, 0.25) is 5.91 Å². The lowest BCUT2D eigenvalue weighted by Gasteiger charge is -2.19. The summed E-state index contributed by atoms with van der Waals surface area (Å²) in [5.41, 5.74) is 1.92. The zero-order valence-electron chi connectivity index (χ0n) is 15.6. The normalized spacial score (nSPS) is 16.5. The fourth-order valence-corrected chi connectivity index (χ4v) is 4.54. The second-order valence-corrected chi connectivity index (χ2v) is 8.75. The van der Waals surface area contributed by atoms with Gasteiger partial charge in [-0.15, -0.1) is 11.3 Å². The Balaban J connectivity index is 1.40. The first-order chi connectivity index (χ1) is 13.9. The summed E-state index contributed by atoms with van der Waals surface area (Å²) in [6, 6.07) is 10.2. The van der Waals surface area contributed by atoms with E-state index in [0.717, 1.165) is 26.2 Å². The minimum absolute atomic E-state index is 0.287. The highest BCUT2D eigenvalue weighted by atomic mass is 35.5. The average Bonchev–Trinajstić information content (AvgIpc) is 3.37. The molecule has 0 aliphatic carbocycles. The van der Waals surface area contributed by atoms with E-state index in [4.69, 9.17) is 11.6 Å². The van der Waals surface area contributed by atoms with Gasteiger partial charge in [-0.25, -0.2) is 4.79 Å². The number of imide groups is 1. The summed E-state index contributed by atoms with van der Waals surface area (Å²) in [5, 5.41) is 3.70. The van der Waals surface area contributed by atoms with E-state index in [-0.39, 0.29) is 18.4 Å². The number of thiophene rings is 1. The summed E-state index contributed by atoms with van der Waals surface area (Å²) in [6.45, 7) is 0.0866. The summed E-state index contributed by atoms with van der Waals surface area (Å²) in [7, 11) is 1.64. The third-order valence-corrected chi connectivity index (χ3v) is 6.16. The number of urea groups is 1. The first-order valence-electron chi connectivity index (χ1n) is 9.07. The van der Waals surface area contributed by atoms with E-state index in [0.29, 0.717) is 17.3 Å². The maximum atomic E-state index is 12.7. The third-order valence-electron chi connectivity index (χ3n) is 4.95. The fraction of sp³-hybridized carbons (Fsp3) is 0.250. The Kier molecular flexibility index (Phi) is 5.29. The lowest BCUT2D eigenvalue weighted by molar-refractivity contribution is -0.136. The van der Waals surface area contributed by atoms with Crippen molar-refractivity contribution in [2.75, 3.05) is 13.6 Å². The van der Waals surface area contributed by atoms with Crippen LogP contribution in [0.5, 0.6) is 0 Å². The van der Waals surface area contributed by atoms with Crippen molar-refractivity contribution in [2.45, 2.75) is 19.0 Å². The maximum Gasteiger partial charge on any atom is 0.325 e. The number of aromatic amines is 1. The number of benzene rings is 1. The number of hydrogen-bond acceptors (Lipinski definition) is 4. The number of para-hydroxylation sites is 1. The molecule has 1 aromatic carbocycles. The second kappa shape index (κ2) is 7.88. The van der Waals surface area contributed by atoms with Crippen molar-refractivity contribution in [1.29, 1.82) is 0 Å². The van der Waals surface area contributed by atoms with E-state index in [1.54, 1.807) is 13.1 Å². The fourth-order valence-electron chi connectivity index (χ4n) is 3.40. The van der Waals surface area contributed by atoms with Crippen molar-refractivity contribution in [3.05, 3.63) is 57.4 Å². The van der Waals surface area contributed by atoms with Crippen molar-refractivity contribution in [3.63, 3.8) is 0 Å². The molecule has 9 heteroatoms. The van der Waals surface area contributed by atoms with E-state index in [9.17, 15) is 14.4 Å². The number of carbonyl (C=O) groups excluding carboxylic acids is 3. The molecule has 1 saturated heterocycles. The van der Waals surface area contributed by atoms with Gasteiger partial charge in [-0.3, -0.25) is 14.5 Å². The van der Waals surface area contributed by atoms with Gasteiger partial charge in [0.25, 0.3) is 5.91 Å². The van der Waals surface area contributed by atoms with Gasteiger partial charge in [-0.1, -0.05) is 29.8 Å². The lowest BCUT2D eigenvalue weighted by Crippen LogP contribution is -2.41. The Bertz CT molecular complexity index is 1090. The molecule has 4 rings (SSSR count). The predicted molar refractivity (Wildman–Crippen MR) is 112 cm³/mol. The van der Waals surface area contributed by atoms with Gasteiger partial charge in [0.05, 0.1) is 10.9 Å². The quantitative estimate of drug-likeness (QED) is 0.589. The van der Waals surface area contributed by atoms with Gasteiger partial charge in [0, 0.05) is 35.4 Å². The van der Waals surface area contributed by atoms with Crippen molar-refractivity contribution < 1.29 is 14.4 Å². The van der Waals surface area contributed by atoms with Gasteiger partial charge in [0.1, 0.15) is 12.6 Å². The summed E-state index contributed by atoms with van der Waals surface area (Å²) in [5.74, 6) is -0.702. The minimum Gasteiger partial charge on any atom is -0.361 e. The molecule has 1 atom stereocenters. The van der Waals surface area contributed by atoms with Gasteiger partial charge in [-0.2, -0.15) is 0 Å². The van der Waals surface area contributed by atoms with Crippen LogP contribution in [0.3, 0.4) is 0 Å². The number of carbonyl (C=O) groups is 3. The van der Waals surface area contributed by atoms with Crippen LogP contribution in [0.4, 0.5) is 4.79 Å². The largest absolute Gasteiger partial charge is 0.361 e. The maximum absolute atomic E-state index is 12.7. The molecule has 1 aliphatic rings. The van der Waals surface area contributed by atoms with Crippen LogP contribution in [0.25, 0.3) is 10.9 Å². The van der Waals surface area contributed by atoms with Gasteiger partial charge >= 0.3 is 6.03 Å². The highest BCUT2D eigenvalue weighted by Gasteiger charge is 2.39. The number of likely N-dealkylation sites (N-methyl/N-ethyl adjacent to an activating group) is 1. The van der Waals surface area contributed by atoms with E-state index >= 15 is 0 Å². The lowest BCUT2D eigenvalue weighted by atomic mass is 10.1. The standard InChI is InChI=1S/C20H19ClN4O3S/c1-24(10-13-6-7-17(21)29-13)18(26)11-25-19(27)16(23-20(25)28)8-12-9-22-15-5-3-2-4-14(12)15/h2-7,9,16,22H,8,10-11H2,1H3,(H,23,28)/t16-/m0/s1. The predicted octanol–water partition coefficient (Wildman–Crippen LogP) is 3.00. The molecular weight excluding hydrogens is 412 g/mol.